The average molecular weight is 208 g/mol. The van der Waals surface area contributed by atoms with Crippen molar-refractivity contribution in [3.8, 4) is 5.69 Å². The van der Waals surface area contributed by atoms with E-state index in [1.165, 1.54) is 35.0 Å². The number of aliphatic hydroxyl groups is 1. The molecular weight excluding hydrogens is 199 g/mol. The minimum Gasteiger partial charge on any atom is -0.390 e. The summed E-state index contributed by atoms with van der Waals surface area (Å²) < 4.78 is 14.1. The second kappa shape index (κ2) is 3.70. The van der Waals surface area contributed by atoms with E-state index >= 15 is 0 Å². The van der Waals surface area contributed by atoms with Gasteiger partial charge in [-0.1, -0.05) is 0 Å². The van der Waals surface area contributed by atoms with Crippen LogP contribution in [-0.2, 0) is 6.61 Å². The minimum atomic E-state index is -0.348. The number of benzene rings is 1. The van der Waals surface area contributed by atoms with Crippen molar-refractivity contribution in [2.24, 2.45) is 0 Å². The maximum absolute atomic E-state index is 12.7. The molecule has 0 unspecified atom stereocenters. The van der Waals surface area contributed by atoms with E-state index in [2.05, 4.69) is 5.10 Å². The van der Waals surface area contributed by atoms with Crippen molar-refractivity contribution in [2.75, 3.05) is 0 Å². The third-order valence-corrected chi connectivity index (χ3v) is 2.05. The van der Waals surface area contributed by atoms with Crippen molar-refractivity contribution < 1.29 is 9.50 Å². The molecule has 0 atom stereocenters. The summed E-state index contributed by atoms with van der Waals surface area (Å²) in [5, 5.41) is 11.5. The Kier molecular flexibility index (Phi) is 2.39. The summed E-state index contributed by atoms with van der Waals surface area (Å²) in [4.78, 5) is 11.0. The van der Waals surface area contributed by atoms with Crippen molar-refractivity contribution in [3.05, 3.63) is 52.2 Å². The summed E-state index contributed by atoms with van der Waals surface area (Å²) in [6.07, 6.45) is 0. The smallest absolute Gasteiger partial charge is 0.264 e. The molecule has 0 amide bonds. The third-order valence-electron chi connectivity index (χ3n) is 2.05. The maximum atomic E-state index is 12.7. The first-order valence-corrected chi connectivity index (χ1v) is 4.38. The van der Waals surface area contributed by atoms with E-state index in [0.717, 1.165) is 0 Å². The molecule has 4 nitrogen and oxygen atoms in total. The van der Waals surface area contributed by atoms with Crippen LogP contribution in [-0.4, -0.2) is 14.9 Å². The summed E-state index contributed by atoms with van der Waals surface area (Å²) in [5.41, 5.74) is 0.734. The van der Waals surface area contributed by atoms with Gasteiger partial charge in [-0.2, -0.15) is 0 Å². The van der Waals surface area contributed by atoms with Gasteiger partial charge in [0.05, 0.1) is 18.0 Å². The number of hydrogen-bond acceptors (Lipinski definition) is 2. The predicted octanol–water partition coefficient (Wildman–Crippen LogP) is 0.797. The fourth-order valence-corrected chi connectivity index (χ4v) is 1.37. The Bertz CT molecular complexity index is 513. The molecule has 0 saturated carbocycles. The van der Waals surface area contributed by atoms with E-state index in [1.807, 2.05) is 0 Å². The highest BCUT2D eigenvalue weighted by Crippen LogP contribution is 2.09. The molecule has 0 aliphatic carbocycles. The number of aromatic nitrogens is 2. The molecule has 2 rings (SSSR count). The zero-order chi connectivity index (χ0) is 10.8. The molecule has 1 heterocycles. The fraction of sp³-hybridized carbons (Fsp3) is 0.100. The largest absolute Gasteiger partial charge is 0.390 e. The van der Waals surface area contributed by atoms with Crippen LogP contribution in [0.25, 0.3) is 5.69 Å². The van der Waals surface area contributed by atoms with Gasteiger partial charge in [-0.15, -0.1) is 0 Å². The molecule has 0 bridgehead atoms. The van der Waals surface area contributed by atoms with Crippen molar-refractivity contribution in [1.82, 2.24) is 9.78 Å². The van der Waals surface area contributed by atoms with Gasteiger partial charge in [-0.25, -0.2) is 4.39 Å². The van der Waals surface area contributed by atoms with Crippen molar-refractivity contribution in [1.29, 1.82) is 0 Å². The normalized spacial score (nSPS) is 10.5. The molecule has 0 aliphatic rings. The zero-order valence-electron chi connectivity index (χ0n) is 7.77. The van der Waals surface area contributed by atoms with E-state index < -0.39 is 0 Å². The molecule has 15 heavy (non-hydrogen) atoms. The van der Waals surface area contributed by atoms with Crippen LogP contribution >= 0.6 is 0 Å². The molecule has 0 saturated heterocycles. The number of hydrogen-bond donors (Lipinski definition) is 2. The number of aliphatic hydroxyl groups excluding tert-OH is 1. The first-order valence-electron chi connectivity index (χ1n) is 4.38. The Morgan fingerprint density at radius 2 is 2.00 bits per heavy atom. The summed E-state index contributed by atoms with van der Waals surface area (Å²) >= 11 is 0. The van der Waals surface area contributed by atoms with E-state index in [1.54, 1.807) is 0 Å². The van der Waals surface area contributed by atoms with E-state index in [-0.39, 0.29) is 18.0 Å². The van der Waals surface area contributed by atoms with Gasteiger partial charge in [0.1, 0.15) is 5.82 Å². The summed E-state index contributed by atoms with van der Waals surface area (Å²) in [6.45, 7) is -0.254. The Labute approximate surface area is 84.6 Å². The van der Waals surface area contributed by atoms with Crippen LogP contribution in [0.3, 0.4) is 0 Å². The fourth-order valence-electron chi connectivity index (χ4n) is 1.37. The number of aromatic amines is 1. The summed E-state index contributed by atoms with van der Waals surface area (Å²) in [7, 11) is 0. The van der Waals surface area contributed by atoms with Crippen molar-refractivity contribution >= 4 is 0 Å². The first-order chi connectivity index (χ1) is 7.20. The molecule has 78 valence electrons. The lowest BCUT2D eigenvalue weighted by Gasteiger charge is -2.05. The quantitative estimate of drug-likeness (QED) is 0.766. The lowest BCUT2D eigenvalue weighted by atomic mass is 10.3. The van der Waals surface area contributed by atoms with Gasteiger partial charge in [-0.3, -0.25) is 14.6 Å². The van der Waals surface area contributed by atoms with Crippen molar-refractivity contribution in [2.45, 2.75) is 6.61 Å². The topological polar surface area (TPSA) is 58.0 Å². The summed E-state index contributed by atoms with van der Waals surface area (Å²) in [6, 6.07) is 6.90. The Morgan fingerprint density at radius 3 is 2.60 bits per heavy atom. The zero-order valence-corrected chi connectivity index (χ0v) is 7.77. The van der Waals surface area contributed by atoms with Crippen LogP contribution in [0.5, 0.6) is 0 Å². The van der Waals surface area contributed by atoms with E-state index in [9.17, 15) is 9.18 Å². The molecule has 0 aliphatic heterocycles. The maximum Gasteiger partial charge on any atom is 0.264 e. The molecule has 1 aromatic carbocycles. The standard InChI is InChI=1S/C10H9FN2O2/c11-7-1-3-8(4-2-7)13-9(6-14)5-10(15)12-13/h1-5,14H,6H2,(H,12,15). The first kappa shape index (κ1) is 9.67. The van der Waals surface area contributed by atoms with Gasteiger partial charge >= 0.3 is 0 Å². The molecule has 0 radical (unpaired) electrons. The third kappa shape index (κ3) is 1.82. The van der Waals surface area contributed by atoms with Gasteiger partial charge in [0.15, 0.2) is 0 Å². The lowest BCUT2D eigenvalue weighted by molar-refractivity contribution is 0.273. The van der Waals surface area contributed by atoms with Gasteiger partial charge in [-0.05, 0) is 24.3 Å². The second-order valence-electron chi connectivity index (χ2n) is 3.08. The lowest BCUT2D eigenvalue weighted by Crippen LogP contribution is -2.05. The molecule has 2 N–H and O–H groups in total. The van der Waals surface area contributed by atoms with Crippen LogP contribution in [0.1, 0.15) is 5.69 Å². The van der Waals surface area contributed by atoms with Crippen LogP contribution in [0.15, 0.2) is 35.1 Å². The Morgan fingerprint density at radius 1 is 1.33 bits per heavy atom. The van der Waals surface area contributed by atoms with Gasteiger partial charge < -0.3 is 5.11 Å². The molecular formula is C10H9FN2O2. The van der Waals surface area contributed by atoms with E-state index in [4.69, 9.17) is 5.11 Å². The van der Waals surface area contributed by atoms with Crippen LogP contribution in [0, 0.1) is 5.82 Å². The van der Waals surface area contributed by atoms with Crippen LogP contribution in [0.2, 0.25) is 0 Å². The Hall–Kier alpha value is -1.88. The van der Waals surface area contributed by atoms with Gasteiger partial charge in [0, 0.05) is 6.07 Å². The second-order valence-corrected chi connectivity index (χ2v) is 3.08. The number of halogens is 1. The highest BCUT2D eigenvalue weighted by atomic mass is 19.1. The van der Waals surface area contributed by atoms with Gasteiger partial charge in [0.2, 0.25) is 0 Å². The molecule has 0 fully saturated rings. The molecule has 0 spiro atoms. The number of nitrogens with one attached hydrogen (secondary N) is 1. The number of nitrogens with zero attached hydrogens (tertiary/aromatic N) is 1. The SMILES string of the molecule is O=c1cc(CO)n(-c2ccc(F)cc2)[nH]1. The average Bonchev–Trinajstić information content (AvgIpc) is 2.61. The molecule has 5 heteroatoms. The number of H-pyrrole nitrogens is 1. The highest BCUT2D eigenvalue weighted by Gasteiger charge is 2.04. The van der Waals surface area contributed by atoms with Gasteiger partial charge in [0.25, 0.3) is 5.56 Å². The molecule has 2 aromatic rings. The van der Waals surface area contributed by atoms with E-state index in [0.29, 0.717) is 11.4 Å². The minimum absolute atomic E-state index is 0.254. The predicted molar refractivity (Wildman–Crippen MR) is 52.3 cm³/mol. The highest BCUT2D eigenvalue weighted by molar-refractivity contribution is 5.32. The summed E-state index contributed by atoms with van der Waals surface area (Å²) in [5.74, 6) is -0.348. The monoisotopic (exact) mass is 208 g/mol. The Balaban J connectivity index is 2.53. The van der Waals surface area contributed by atoms with Crippen LogP contribution < -0.4 is 5.56 Å². The molecule has 1 aromatic heterocycles. The number of rotatable bonds is 2. The van der Waals surface area contributed by atoms with Crippen molar-refractivity contribution in [3.63, 3.8) is 0 Å². The van der Waals surface area contributed by atoms with Crippen LogP contribution in [0.4, 0.5) is 4.39 Å².